The number of aromatic amines is 1. The van der Waals surface area contributed by atoms with Crippen molar-refractivity contribution in [1.29, 1.82) is 0 Å². The molecule has 3 nitrogen and oxygen atoms in total. The number of carbonyl (C=O) groups is 1. The van der Waals surface area contributed by atoms with Gasteiger partial charge < -0.3 is 4.98 Å². The average molecular weight is 216 g/mol. The zero-order valence-electron chi connectivity index (χ0n) is 9.87. The molecule has 0 radical (unpaired) electrons. The monoisotopic (exact) mass is 216 g/mol. The fourth-order valence-corrected chi connectivity index (χ4v) is 1.72. The van der Waals surface area contributed by atoms with E-state index in [4.69, 9.17) is 0 Å². The van der Waals surface area contributed by atoms with E-state index >= 15 is 0 Å². The number of carbonyl (C=O) groups excluding carboxylic acids is 1. The van der Waals surface area contributed by atoms with E-state index in [-0.39, 0.29) is 11.7 Å². The van der Waals surface area contributed by atoms with Gasteiger partial charge in [0.25, 0.3) is 0 Å². The minimum absolute atomic E-state index is 0.0333. The van der Waals surface area contributed by atoms with Gasteiger partial charge in [-0.25, -0.2) is 4.98 Å². The van der Waals surface area contributed by atoms with Crippen LogP contribution < -0.4 is 0 Å². The fraction of sp³-hybridized carbons (Fsp3) is 0.385. The summed E-state index contributed by atoms with van der Waals surface area (Å²) in [6.07, 6.45) is 0.877. The Morgan fingerprint density at radius 2 is 2.19 bits per heavy atom. The molecule has 0 aliphatic rings. The average Bonchev–Trinajstić information content (AvgIpc) is 2.69. The van der Waals surface area contributed by atoms with Crippen LogP contribution in [0.2, 0.25) is 0 Å². The van der Waals surface area contributed by atoms with Gasteiger partial charge in [-0.05, 0) is 18.2 Å². The molecule has 3 heteroatoms. The summed E-state index contributed by atoms with van der Waals surface area (Å²) in [6.45, 7) is 5.88. The van der Waals surface area contributed by atoms with Crippen LogP contribution in [0.15, 0.2) is 18.2 Å². The van der Waals surface area contributed by atoms with Gasteiger partial charge in [0.2, 0.25) is 0 Å². The summed E-state index contributed by atoms with van der Waals surface area (Å²) < 4.78 is 0. The van der Waals surface area contributed by atoms with E-state index in [0.29, 0.717) is 0 Å². The van der Waals surface area contributed by atoms with E-state index in [2.05, 4.69) is 16.9 Å². The minimum Gasteiger partial charge on any atom is -0.342 e. The molecule has 0 amide bonds. The molecule has 16 heavy (non-hydrogen) atoms. The van der Waals surface area contributed by atoms with Gasteiger partial charge in [-0.2, -0.15) is 0 Å². The third kappa shape index (κ3) is 1.85. The molecule has 1 aromatic heterocycles. The van der Waals surface area contributed by atoms with Gasteiger partial charge in [-0.3, -0.25) is 4.79 Å². The molecular weight excluding hydrogens is 200 g/mol. The number of fused-ring (bicyclic) bond motifs is 1. The first kappa shape index (κ1) is 10.9. The minimum atomic E-state index is 0.0333. The smallest absolute Gasteiger partial charge is 0.165 e. The molecule has 0 aliphatic heterocycles. The number of Topliss-reactive ketones (excluding diaryl/α,β-unsaturated/α-hetero) is 1. The summed E-state index contributed by atoms with van der Waals surface area (Å²) >= 11 is 0. The Morgan fingerprint density at radius 1 is 1.44 bits per heavy atom. The molecule has 0 saturated heterocycles. The highest BCUT2D eigenvalue weighted by molar-refractivity contribution is 5.99. The summed E-state index contributed by atoms with van der Waals surface area (Å²) in [4.78, 5) is 19.5. The third-order valence-corrected chi connectivity index (χ3v) is 2.67. The molecule has 0 aliphatic carbocycles. The lowest BCUT2D eigenvalue weighted by atomic mass is 10.0. The van der Waals surface area contributed by atoms with Crippen molar-refractivity contribution in [2.45, 2.75) is 27.2 Å². The predicted octanol–water partition coefficient (Wildman–Crippen LogP) is 2.96. The molecule has 2 rings (SSSR count). The standard InChI is InChI=1S/C13H16N2O/c1-4-12-14-10-6-5-9(7-11(10)15-12)13(16)8(2)3/h5-8H,4H2,1-3H3,(H,14,15). The summed E-state index contributed by atoms with van der Waals surface area (Å²) in [6, 6.07) is 5.65. The molecule has 1 heterocycles. The summed E-state index contributed by atoms with van der Waals surface area (Å²) in [5.41, 5.74) is 2.63. The largest absolute Gasteiger partial charge is 0.342 e. The second-order valence-electron chi connectivity index (χ2n) is 4.29. The lowest BCUT2D eigenvalue weighted by Gasteiger charge is -2.03. The van der Waals surface area contributed by atoms with E-state index in [1.54, 1.807) is 0 Å². The van der Waals surface area contributed by atoms with Crippen molar-refractivity contribution in [3.63, 3.8) is 0 Å². The van der Waals surface area contributed by atoms with E-state index < -0.39 is 0 Å². The van der Waals surface area contributed by atoms with Gasteiger partial charge in [0.05, 0.1) is 11.0 Å². The quantitative estimate of drug-likeness (QED) is 0.802. The van der Waals surface area contributed by atoms with E-state index in [1.165, 1.54) is 0 Å². The molecule has 84 valence electrons. The van der Waals surface area contributed by atoms with E-state index in [0.717, 1.165) is 28.8 Å². The molecule has 0 atom stereocenters. The van der Waals surface area contributed by atoms with Gasteiger partial charge in [0.15, 0.2) is 5.78 Å². The maximum Gasteiger partial charge on any atom is 0.165 e. The molecule has 0 unspecified atom stereocenters. The summed E-state index contributed by atoms with van der Waals surface area (Å²) in [5, 5.41) is 0. The Kier molecular flexibility index (Phi) is 2.77. The number of ketones is 1. The second-order valence-corrected chi connectivity index (χ2v) is 4.29. The van der Waals surface area contributed by atoms with Crippen LogP contribution >= 0.6 is 0 Å². The number of nitrogens with zero attached hydrogens (tertiary/aromatic N) is 1. The first-order valence-electron chi connectivity index (χ1n) is 5.64. The van der Waals surface area contributed by atoms with Crippen LogP contribution in [0.5, 0.6) is 0 Å². The van der Waals surface area contributed by atoms with Gasteiger partial charge in [0, 0.05) is 17.9 Å². The van der Waals surface area contributed by atoms with Gasteiger partial charge in [-0.1, -0.05) is 20.8 Å². The van der Waals surface area contributed by atoms with E-state index in [1.807, 2.05) is 32.0 Å². The topological polar surface area (TPSA) is 45.8 Å². The van der Waals surface area contributed by atoms with Crippen molar-refractivity contribution in [3.8, 4) is 0 Å². The van der Waals surface area contributed by atoms with Gasteiger partial charge >= 0.3 is 0 Å². The number of nitrogens with one attached hydrogen (secondary N) is 1. The summed E-state index contributed by atoms with van der Waals surface area (Å²) in [7, 11) is 0. The number of hydrogen-bond acceptors (Lipinski definition) is 2. The number of rotatable bonds is 3. The zero-order chi connectivity index (χ0) is 11.7. The van der Waals surface area contributed by atoms with Crippen LogP contribution in [0, 0.1) is 5.92 Å². The van der Waals surface area contributed by atoms with Crippen molar-refractivity contribution in [1.82, 2.24) is 9.97 Å². The maximum atomic E-state index is 11.8. The Morgan fingerprint density at radius 3 is 2.81 bits per heavy atom. The fourth-order valence-electron chi connectivity index (χ4n) is 1.72. The molecule has 0 bridgehead atoms. The molecule has 1 aromatic carbocycles. The number of H-pyrrole nitrogens is 1. The highest BCUT2D eigenvalue weighted by atomic mass is 16.1. The molecule has 1 N–H and O–H groups in total. The second kappa shape index (κ2) is 4.08. The Labute approximate surface area is 94.9 Å². The Bertz CT molecular complexity index is 526. The highest BCUT2D eigenvalue weighted by Crippen LogP contribution is 2.16. The first-order valence-corrected chi connectivity index (χ1v) is 5.64. The van der Waals surface area contributed by atoms with E-state index in [9.17, 15) is 4.79 Å². The number of benzene rings is 1. The van der Waals surface area contributed by atoms with Crippen molar-refractivity contribution >= 4 is 16.8 Å². The molecule has 0 saturated carbocycles. The van der Waals surface area contributed by atoms with Crippen molar-refractivity contribution in [2.75, 3.05) is 0 Å². The first-order chi connectivity index (χ1) is 7.61. The highest BCUT2D eigenvalue weighted by Gasteiger charge is 2.11. The van der Waals surface area contributed by atoms with Gasteiger partial charge in [-0.15, -0.1) is 0 Å². The number of aromatic nitrogens is 2. The van der Waals surface area contributed by atoms with Crippen LogP contribution in [0.4, 0.5) is 0 Å². The Balaban J connectivity index is 2.47. The molecule has 0 spiro atoms. The van der Waals surface area contributed by atoms with Crippen molar-refractivity contribution in [3.05, 3.63) is 29.6 Å². The maximum absolute atomic E-state index is 11.8. The normalized spacial score (nSPS) is 11.2. The lowest BCUT2D eigenvalue weighted by Crippen LogP contribution is -2.06. The zero-order valence-corrected chi connectivity index (χ0v) is 9.87. The van der Waals surface area contributed by atoms with Crippen molar-refractivity contribution < 1.29 is 4.79 Å². The van der Waals surface area contributed by atoms with Crippen LogP contribution in [0.3, 0.4) is 0 Å². The predicted molar refractivity (Wildman–Crippen MR) is 64.6 cm³/mol. The number of aryl methyl sites for hydroxylation is 1. The summed E-state index contributed by atoms with van der Waals surface area (Å²) in [5.74, 6) is 1.17. The van der Waals surface area contributed by atoms with Gasteiger partial charge in [0.1, 0.15) is 5.82 Å². The van der Waals surface area contributed by atoms with Crippen molar-refractivity contribution in [2.24, 2.45) is 5.92 Å². The lowest BCUT2D eigenvalue weighted by molar-refractivity contribution is 0.0939. The molecular formula is C13H16N2O. The third-order valence-electron chi connectivity index (χ3n) is 2.67. The van der Waals surface area contributed by atoms with Crippen LogP contribution in [0.1, 0.15) is 37.0 Å². The van der Waals surface area contributed by atoms with Crippen LogP contribution in [-0.4, -0.2) is 15.8 Å². The number of hydrogen-bond donors (Lipinski definition) is 1. The SMILES string of the molecule is CCc1nc2ccc(C(=O)C(C)C)cc2[nH]1. The molecule has 0 fully saturated rings. The molecule has 2 aromatic rings. The van der Waals surface area contributed by atoms with Crippen LogP contribution in [0.25, 0.3) is 11.0 Å². The van der Waals surface area contributed by atoms with Crippen LogP contribution in [-0.2, 0) is 6.42 Å². The Hall–Kier alpha value is -1.64. The number of imidazole rings is 1.